The summed E-state index contributed by atoms with van der Waals surface area (Å²) in [6.45, 7) is 1.82. The molecular formula is C18H23N5O4S. The highest BCUT2D eigenvalue weighted by molar-refractivity contribution is 7.89. The fourth-order valence-electron chi connectivity index (χ4n) is 3.08. The van der Waals surface area contributed by atoms with Crippen LogP contribution in [0.15, 0.2) is 47.5 Å². The van der Waals surface area contributed by atoms with Gasteiger partial charge in [-0.05, 0) is 37.1 Å². The number of anilines is 2. The third-order valence-electron chi connectivity index (χ3n) is 4.53. The molecule has 1 saturated heterocycles. The summed E-state index contributed by atoms with van der Waals surface area (Å²) in [6, 6.07) is 9.50. The van der Waals surface area contributed by atoms with Crippen LogP contribution in [0.4, 0.5) is 17.2 Å². The number of nitro groups is 1. The number of piperidine rings is 1. The molecule has 1 fully saturated rings. The molecule has 3 rings (SSSR count). The monoisotopic (exact) mass is 405 g/mol. The molecule has 0 radical (unpaired) electrons. The molecule has 2 N–H and O–H groups in total. The lowest BCUT2D eigenvalue weighted by Gasteiger charge is -2.25. The van der Waals surface area contributed by atoms with Crippen LogP contribution < -0.4 is 10.6 Å². The minimum absolute atomic E-state index is 0.0433. The van der Waals surface area contributed by atoms with Crippen molar-refractivity contribution in [1.82, 2.24) is 9.29 Å². The third kappa shape index (κ3) is 4.76. The standard InChI is InChI=1S/C18H23N5O4S/c24-23(25)17-14-15(28(26,27)22-12-4-1-5-13-22)7-8-16(17)19-10-11-21-18-6-2-3-9-20-18/h2-3,6-9,14,19H,1,4-5,10-13H2,(H,20,21). The summed E-state index contributed by atoms with van der Waals surface area (Å²) in [5, 5.41) is 17.5. The number of nitrogens with zero attached hydrogens (tertiary/aromatic N) is 3. The number of hydrogen-bond donors (Lipinski definition) is 2. The maximum Gasteiger partial charge on any atom is 0.293 e. The minimum atomic E-state index is -3.72. The lowest BCUT2D eigenvalue weighted by atomic mass is 10.2. The Kier molecular flexibility index (Phi) is 6.42. The lowest BCUT2D eigenvalue weighted by molar-refractivity contribution is -0.384. The number of benzene rings is 1. The molecule has 0 atom stereocenters. The molecule has 0 spiro atoms. The van der Waals surface area contributed by atoms with Gasteiger partial charge in [0.05, 0.1) is 9.82 Å². The van der Waals surface area contributed by atoms with Crippen LogP contribution in [0, 0.1) is 10.1 Å². The van der Waals surface area contributed by atoms with Gasteiger partial charge in [0.1, 0.15) is 11.5 Å². The Bertz CT molecular complexity index is 915. The van der Waals surface area contributed by atoms with E-state index in [1.165, 1.54) is 16.4 Å². The Morgan fingerprint density at radius 2 is 1.82 bits per heavy atom. The van der Waals surface area contributed by atoms with E-state index in [0.29, 0.717) is 32.0 Å². The maximum atomic E-state index is 12.8. The number of nitrogens with one attached hydrogen (secondary N) is 2. The second kappa shape index (κ2) is 8.98. The Morgan fingerprint density at radius 1 is 1.07 bits per heavy atom. The summed E-state index contributed by atoms with van der Waals surface area (Å²) < 4.78 is 26.9. The fraction of sp³-hybridized carbons (Fsp3) is 0.389. The number of nitro benzene ring substituents is 1. The van der Waals surface area contributed by atoms with E-state index in [-0.39, 0.29) is 16.3 Å². The molecular weight excluding hydrogens is 382 g/mol. The van der Waals surface area contributed by atoms with Crippen molar-refractivity contribution in [2.75, 3.05) is 36.8 Å². The number of rotatable bonds is 8. The van der Waals surface area contributed by atoms with Crippen LogP contribution in [0.3, 0.4) is 0 Å². The first-order valence-electron chi connectivity index (χ1n) is 9.16. The highest BCUT2D eigenvalue weighted by Crippen LogP contribution is 2.29. The van der Waals surface area contributed by atoms with Crippen LogP contribution in [0.1, 0.15) is 19.3 Å². The summed E-state index contributed by atoms with van der Waals surface area (Å²) in [7, 11) is -3.72. The molecule has 28 heavy (non-hydrogen) atoms. The number of sulfonamides is 1. The molecule has 1 aliphatic heterocycles. The zero-order valence-corrected chi connectivity index (χ0v) is 16.2. The Hall–Kier alpha value is -2.72. The van der Waals surface area contributed by atoms with Crippen molar-refractivity contribution in [3.8, 4) is 0 Å². The van der Waals surface area contributed by atoms with Crippen LogP contribution in [0.5, 0.6) is 0 Å². The number of hydrogen-bond acceptors (Lipinski definition) is 7. The highest BCUT2D eigenvalue weighted by Gasteiger charge is 2.28. The van der Waals surface area contributed by atoms with Crippen molar-refractivity contribution >= 4 is 27.2 Å². The Balaban J connectivity index is 1.69. The van der Waals surface area contributed by atoms with E-state index in [1.54, 1.807) is 6.20 Å². The lowest BCUT2D eigenvalue weighted by Crippen LogP contribution is -2.35. The molecule has 0 saturated carbocycles. The van der Waals surface area contributed by atoms with Crippen molar-refractivity contribution in [3.05, 3.63) is 52.7 Å². The van der Waals surface area contributed by atoms with Crippen LogP contribution in [0.2, 0.25) is 0 Å². The highest BCUT2D eigenvalue weighted by atomic mass is 32.2. The predicted molar refractivity (Wildman–Crippen MR) is 107 cm³/mol. The van der Waals surface area contributed by atoms with Gasteiger partial charge in [0, 0.05) is 38.4 Å². The summed E-state index contributed by atoms with van der Waals surface area (Å²) in [4.78, 5) is 15.0. The van der Waals surface area contributed by atoms with Crippen LogP contribution >= 0.6 is 0 Å². The number of aromatic nitrogens is 1. The van der Waals surface area contributed by atoms with Crippen LogP contribution in [-0.4, -0.2) is 48.8 Å². The molecule has 2 heterocycles. The summed E-state index contributed by atoms with van der Waals surface area (Å²) in [6.07, 6.45) is 4.29. The second-order valence-corrected chi connectivity index (χ2v) is 8.41. The number of pyridine rings is 1. The third-order valence-corrected chi connectivity index (χ3v) is 6.42. The minimum Gasteiger partial charge on any atom is -0.378 e. The normalized spacial score (nSPS) is 15.1. The van der Waals surface area contributed by atoms with Crippen molar-refractivity contribution < 1.29 is 13.3 Å². The van der Waals surface area contributed by atoms with E-state index in [9.17, 15) is 18.5 Å². The predicted octanol–water partition coefficient (Wildman–Crippen LogP) is 2.69. The molecule has 9 nitrogen and oxygen atoms in total. The van der Waals surface area contributed by atoms with Gasteiger partial charge in [0.15, 0.2) is 0 Å². The fourth-order valence-corrected chi connectivity index (χ4v) is 4.62. The molecule has 150 valence electrons. The maximum absolute atomic E-state index is 12.8. The molecule has 1 aromatic heterocycles. The molecule has 10 heteroatoms. The molecule has 2 aromatic rings. The Morgan fingerprint density at radius 3 is 2.50 bits per heavy atom. The summed E-state index contributed by atoms with van der Waals surface area (Å²) in [5.74, 6) is 0.710. The SMILES string of the molecule is O=[N+]([O-])c1cc(S(=O)(=O)N2CCCCC2)ccc1NCCNc1ccccn1. The van der Waals surface area contributed by atoms with E-state index in [0.717, 1.165) is 25.3 Å². The molecule has 1 aromatic carbocycles. The first kappa shape index (κ1) is 20.0. The topological polar surface area (TPSA) is 117 Å². The average Bonchev–Trinajstić information content (AvgIpc) is 2.72. The van der Waals surface area contributed by atoms with Gasteiger partial charge >= 0.3 is 0 Å². The first-order valence-corrected chi connectivity index (χ1v) is 10.6. The smallest absolute Gasteiger partial charge is 0.293 e. The van der Waals surface area contributed by atoms with Crippen molar-refractivity contribution in [2.45, 2.75) is 24.2 Å². The van der Waals surface area contributed by atoms with E-state index in [2.05, 4.69) is 15.6 Å². The Labute approximate surface area is 164 Å². The quantitative estimate of drug-likeness (QED) is 0.394. The van der Waals surface area contributed by atoms with Crippen LogP contribution in [0.25, 0.3) is 0 Å². The molecule has 1 aliphatic rings. The molecule has 0 aliphatic carbocycles. The van der Waals surface area contributed by atoms with Gasteiger partial charge < -0.3 is 10.6 Å². The molecule has 0 bridgehead atoms. The summed E-state index contributed by atoms with van der Waals surface area (Å²) in [5.41, 5.74) is 0.0290. The van der Waals surface area contributed by atoms with E-state index < -0.39 is 14.9 Å². The van der Waals surface area contributed by atoms with Gasteiger partial charge in [-0.2, -0.15) is 4.31 Å². The van der Waals surface area contributed by atoms with Crippen molar-refractivity contribution in [3.63, 3.8) is 0 Å². The summed E-state index contributed by atoms with van der Waals surface area (Å²) >= 11 is 0. The zero-order chi connectivity index (χ0) is 20.0. The largest absolute Gasteiger partial charge is 0.378 e. The van der Waals surface area contributed by atoms with Gasteiger partial charge in [-0.15, -0.1) is 0 Å². The second-order valence-electron chi connectivity index (χ2n) is 6.47. The first-order chi connectivity index (χ1) is 13.5. The van der Waals surface area contributed by atoms with Gasteiger partial charge in [0.2, 0.25) is 10.0 Å². The molecule has 0 amide bonds. The van der Waals surface area contributed by atoms with E-state index in [1.807, 2.05) is 18.2 Å². The zero-order valence-electron chi connectivity index (χ0n) is 15.4. The molecule has 0 unspecified atom stereocenters. The van der Waals surface area contributed by atoms with E-state index >= 15 is 0 Å². The van der Waals surface area contributed by atoms with Gasteiger partial charge in [0.25, 0.3) is 5.69 Å². The van der Waals surface area contributed by atoms with Crippen LogP contribution in [-0.2, 0) is 10.0 Å². The van der Waals surface area contributed by atoms with Crippen molar-refractivity contribution in [1.29, 1.82) is 0 Å². The van der Waals surface area contributed by atoms with Gasteiger partial charge in [-0.1, -0.05) is 12.5 Å². The van der Waals surface area contributed by atoms with Gasteiger partial charge in [-0.25, -0.2) is 13.4 Å². The average molecular weight is 405 g/mol. The van der Waals surface area contributed by atoms with E-state index in [4.69, 9.17) is 0 Å². The van der Waals surface area contributed by atoms with Gasteiger partial charge in [-0.3, -0.25) is 10.1 Å². The van der Waals surface area contributed by atoms with Crippen molar-refractivity contribution in [2.24, 2.45) is 0 Å².